The van der Waals surface area contributed by atoms with Crippen molar-refractivity contribution in [3.8, 4) is 0 Å². The number of hydrogen-bond donors (Lipinski definition) is 0. The highest BCUT2D eigenvalue weighted by atomic mass is 16.1. The molecule has 0 N–H and O–H groups in total. The van der Waals surface area contributed by atoms with E-state index in [1.54, 1.807) is 5.57 Å². The highest BCUT2D eigenvalue weighted by Crippen LogP contribution is 2.64. The minimum Gasteiger partial charge on any atom is -0.294 e. The molecule has 0 aromatic carbocycles. The Bertz CT molecular complexity index is 497. The zero-order chi connectivity index (χ0) is 15.4. The number of hydrogen-bond acceptors (Lipinski definition) is 1. The monoisotopic (exact) mass is 312 g/mol. The van der Waals surface area contributed by atoms with Crippen molar-refractivity contribution < 1.29 is 4.79 Å². The lowest BCUT2D eigenvalue weighted by Crippen LogP contribution is -2.52. The maximum Gasteiger partial charge on any atom is 0.162 e. The lowest BCUT2D eigenvalue weighted by molar-refractivity contribution is -0.138. The van der Waals surface area contributed by atoms with Crippen molar-refractivity contribution >= 4 is 5.78 Å². The maximum absolute atomic E-state index is 13.5. The summed E-state index contributed by atoms with van der Waals surface area (Å²) in [7, 11) is 0. The third-order valence-corrected chi connectivity index (χ3v) is 8.24. The Morgan fingerprint density at radius 1 is 0.739 bits per heavy atom. The summed E-state index contributed by atoms with van der Waals surface area (Å²) < 4.78 is 0. The molecule has 6 aliphatic rings. The molecule has 6 rings (SSSR count). The van der Waals surface area contributed by atoms with E-state index < -0.39 is 0 Å². The van der Waals surface area contributed by atoms with Crippen LogP contribution < -0.4 is 0 Å². The molecular formula is C22H32O. The van der Waals surface area contributed by atoms with E-state index in [0.29, 0.717) is 17.1 Å². The summed E-state index contributed by atoms with van der Waals surface area (Å²) in [5.74, 6) is 3.97. The van der Waals surface area contributed by atoms with E-state index in [-0.39, 0.29) is 0 Å². The Hall–Kier alpha value is -0.590. The third kappa shape index (κ3) is 2.36. The first-order valence-corrected chi connectivity index (χ1v) is 10.5. The van der Waals surface area contributed by atoms with Crippen LogP contribution in [0.3, 0.4) is 0 Å². The summed E-state index contributed by atoms with van der Waals surface area (Å²) in [6, 6.07) is 0. The van der Waals surface area contributed by atoms with Crippen LogP contribution >= 0.6 is 0 Å². The molecule has 0 heterocycles. The second-order valence-electron chi connectivity index (χ2n) is 9.73. The van der Waals surface area contributed by atoms with Gasteiger partial charge in [-0.05, 0) is 112 Å². The maximum atomic E-state index is 13.5. The molecule has 6 saturated carbocycles. The van der Waals surface area contributed by atoms with Crippen LogP contribution in [-0.4, -0.2) is 5.78 Å². The van der Waals surface area contributed by atoms with Crippen LogP contribution in [0.1, 0.15) is 89.9 Å². The van der Waals surface area contributed by atoms with Gasteiger partial charge in [0.1, 0.15) is 0 Å². The summed E-state index contributed by atoms with van der Waals surface area (Å²) in [6.07, 6.45) is 18.8. The molecule has 0 aliphatic heterocycles. The molecule has 1 unspecified atom stereocenters. The van der Waals surface area contributed by atoms with E-state index in [2.05, 4.69) is 0 Å². The lowest BCUT2D eigenvalue weighted by Gasteiger charge is -2.60. The van der Waals surface area contributed by atoms with Crippen molar-refractivity contribution in [3.63, 3.8) is 0 Å². The average molecular weight is 312 g/mol. The fourth-order valence-electron chi connectivity index (χ4n) is 7.77. The SMILES string of the molecule is O=C1C(=C2CCCCC2)CCCC1C12CC3CC(CC(C3)C1)C2. The van der Waals surface area contributed by atoms with Crippen molar-refractivity contribution in [2.24, 2.45) is 29.1 Å². The van der Waals surface area contributed by atoms with Gasteiger partial charge in [-0.3, -0.25) is 4.79 Å². The van der Waals surface area contributed by atoms with Gasteiger partial charge in [0.05, 0.1) is 0 Å². The quantitative estimate of drug-likeness (QED) is 0.556. The van der Waals surface area contributed by atoms with Crippen molar-refractivity contribution in [1.82, 2.24) is 0 Å². The molecule has 126 valence electrons. The normalized spacial score (nSPS) is 46.5. The van der Waals surface area contributed by atoms with Gasteiger partial charge in [0.2, 0.25) is 0 Å². The Morgan fingerprint density at radius 2 is 1.35 bits per heavy atom. The van der Waals surface area contributed by atoms with Crippen LogP contribution in [0.4, 0.5) is 0 Å². The molecule has 0 amide bonds. The molecule has 1 heteroatoms. The lowest BCUT2D eigenvalue weighted by atomic mass is 9.45. The Kier molecular flexibility index (Phi) is 3.50. The van der Waals surface area contributed by atoms with Crippen molar-refractivity contribution in [2.75, 3.05) is 0 Å². The summed E-state index contributed by atoms with van der Waals surface area (Å²) in [5.41, 5.74) is 3.35. The molecule has 23 heavy (non-hydrogen) atoms. The standard InChI is InChI=1S/C22H32O/c23-21-19(18-5-2-1-3-6-18)7-4-8-20(21)22-12-15-9-16(13-22)11-17(10-15)14-22/h15-17,20H,1-14H2. The van der Waals surface area contributed by atoms with Crippen LogP contribution in [0, 0.1) is 29.1 Å². The molecule has 0 spiro atoms. The van der Waals surface area contributed by atoms with Gasteiger partial charge in [-0.25, -0.2) is 0 Å². The fraction of sp³-hybridized carbons (Fsp3) is 0.864. The topological polar surface area (TPSA) is 17.1 Å². The number of Topliss-reactive ketones (excluding diaryl/α,β-unsaturated/α-hetero) is 1. The molecule has 0 saturated heterocycles. The second-order valence-corrected chi connectivity index (χ2v) is 9.73. The summed E-state index contributed by atoms with van der Waals surface area (Å²) in [6.45, 7) is 0. The molecule has 6 aliphatic carbocycles. The minimum atomic E-state index is 0.411. The Labute approximate surface area is 141 Å². The molecule has 0 radical (unpaired) electrons. The van der Waals surface area contributed by atoms with Crippen LogP contribution in [0.15, 0.2) is 11.1 Å². The highest BCUT2D eigenvalue weighted by molar-refractivity contribution is 5.99. The molecule has 6 fully saturated rings. The predicted molar refractivity (Wildman–Crippen MR) is 93.1 cm³/mol. The number of allylic oxidation sites excluding steroid dienone is 2. The predicted octanol–water partition coefficient (Wildman–Crippen LogP) is 5.83. The van der Waals surface area contributed by atoms with E-state index in [1.165, 1.54) is 89.0 Å². The second kappa shape index (κ2) is 5.46. The van der Waals surface area contributed by atoms with E-state index in [4.69, 9.17) is 0 Å². The van der Waals surface area contributed by atoms with Gasteiger partial charge < -0.3 is 0 Å². The first-order valence-electron chi connectivity index (χ1n) is 10.5. The number of carbonyl (C=O) groups excluding carboxylic acids is 1. The van der Waals surface area contributed by atoms with Crippen LogP contribution in [-0.2, 0) is 4.79 Å². The first-order chi connectivity index (χ1) is 11.2. The Morgan fingerprint density at radius 3 is 1.96 bits per heavy atom. The molecule has 4 bridgehead atoms. The van der Waals surface area contributed by atoms with Crippen molar-refractivity contribution in [1.29, 1.82) is 0 Å². The largest absolute Gasteiger partial charge is 0.294 e. The smallest absolute Gasteiger partial charge is 0.162 e. The van der Waals surface area contributed by atoms with Gasteiger partial charge in [-0.2, -0.15) is 0 Å². The van der Waals surface area contributed by atoms with Gasteiger partial charge in [0.15, 0.2) is 5.78 Å². The van der Waals surface area contributed by atoms with Gasteiger partial charge in [0, 0.05) is 5.92 Å². The van der Waals surface area contributed by atoms with E-state index in [0.717, 1.165) is 24.2 Å². The Balaban J connectivity index is 1.45. The summed E-state index contributed by atoms with van der Waals surface area (Å²) >= 11 is 0. The molecule has 1 atom stereocenters. The van der Waals surface area contributed by atoms with Gasteiger partial charge >= 0.3 is 0 Å². The summed E-state index contributed by atoms with van der Waals surface area (Å²) in [5, 5.41) is 0. The van der Waals surface area contributed by atoms with Gasteiger partial charge in [0.25, 0.3) is 0 Å². The number of carbonyl (C=O) groups is 1. The van der Waals surface area contributed by atoms with Crippen molar-refractivity contribution in [2.45, 2.75) is 89.9 Å². The van der Waals surface area contributed by atoms with E-state index >= 15 is 0 Å². The highest BCUT2D eigenvalue weighted by Gasteiger charge is 2.56. The molecule has 1 nitrogen and oxygen atoms in total. The number of ketones is 1. The van der Waals surface area contributed by atoms with Gasteiger partial charge in [-0.1, -0.05) is 12.0 Å². The average Bonchev–Trinajstić information content (AvgIpc) is 2.54. The fourth-order valence-corrected chi connectivity index (χ4v) is 7.77. The van der Waals surface area contributed by atoms with E-state index in [1.807, 2.05) is 0 Å². The number of rotatable bonds is 1. The minimum absolute atomic E-state index is 0.411. The third-order valence-electron chi connectivity index (χ3n) is 8.24. The molecular weight excluding hydrogens is 280 g/mol. The molecule has 0 aromatic rings. The summed E-state index contributed by atoms with van der Waals surface area (Å²) in [4.78, 5) is 13.5. The van der Waals surface area contributed by atoms with E-state index in [9.17, 15) is 4.79 Å². The zero-order valence-corrected chi connectivity index (χ0v) is 14.6. The van der Waals surface area contributed by atoms with Crippen LogP contribution in [0.5, 0.6) is 0 Å². The molecule has 0 aromatic heterocycles. The van der Waals surface area contributed by atoms with Crippen molar-refractivity contribution in [3.05, 3.63) is 11.1 Å². The van der Waals surface area contributed by atoms with Crippen LogP contribution in [0.25, 0.3) is 0 Å². The van der Waals surface area contributed by atoms with Crippen LogP contribution in [0.2, 0.25) is 0 Å². The first kappa shape index (κ1) is 14.7. The zero-order valence-electron chi connectivity index (χ0n) is 14.6. The van der Waals surface area contributed by atoms with Gasteiger partial charge in [-0.15, -0.1) is 0 Å².